The van der Waals surface area contributed by atoms with Crippen molar-refractivity contribution >= 4 is 24.3 Å². The molecule has 0 radical (unpaired) electrons. The molecule has 3 N–H and O–H groups in total. The van der Waals surface area contributed by atoms with Gasteiger partial charge < -0.3 is 20.4 Å². The molecule has 0 aliphatic heterocycles. The van der Waals surface area contributed by atoms with Crippen LogP contribution in [0.3, 0.4) is 0 Å². The third-order valence-corrected chi connectivity index (χ3v) is 8.36. The summed E-state index contributed by atoms with van der Waals surface area (Å²) in [7, 11) is 0. The zero-order chi connectivity index (χ0) is 32.4. The number of hydrogen-bond donors (Lipinski definition) is 2. The van der Waals surface area contributed by atoms with E-state index in [-0.39, 0.29) is 18.3 Å². The van der Waals surface area contributed by atoms with E-state index in [2.05, 4.69) is 63.3 Å². The maximum absolute atomic E-state index is 12.5. The molecule has 256 valence electrons. The Labute approximate surface area is 287 Å². The number of imidazole rings is 1. The number of anilines is 1. The van der Waals surface area contributed by atoms with E-state index in [0.717, 1.165) is 68.7 Å². The van der Waals surface area contributed by atoms with Gasteiger partial charge in [-0.1, -0.05) is 81.9 Å². The van der Waals surface area contributed by atoms with Gasteiger partial charge in [-0.15, -0.1) is 17.5 Å². The van der Waals surface area contributed by atoms with E-state index in [0.29, 0.717) is 31.1 Å². The number of nitrogens with zero attached hydrogens (tertiary/aromatic N) is 5. The lowest BCUT2D eigenvalue weighted by atomic mass is 10.1. The van der Waals surface area contributed by atoms with Crippen LogP contribution in [0.4, 0.5) is 5.95 Å². The van der Waals surface area contributed by atoms with Crippen LogP contribution >= 0.6 is 12.4 Å². The fourth-order valence-corrected chi connectivity index (χ4v) is 5.54. The van der Waals surface area contributed by atoms with Gasteiger partial charge in [-0.3, -0.25) is 9.48 Å². The number of rotatable bonds is 22. The summed E-state index contributed by atoms with van der Waals surface area (Å²) in [5.74, 6) is 1.41. The predicted octanol–water partition coefficient (Wildman–Crippen LogP) is 7.60. The van der Waals surface area contributed by atoms with Crippen molar-refractivity contribution in [3.63, 3.8) is 0 Å². The zero-order valence-corrected chi connectivity index (χ0v) is 29.1. The Hall–Kier alpha value is -3.85. The van der Waals surface area contributed by atoms with E-state index >= 15 is 0 Å². The SMILES string of the molecule is CCCCCCOc1ccc(Cn2c(CCCCCc3cn(CCNC(=O)c4ccc(CCCCC)cc4)nn3)cnc2N)cc1.Cl. The van der Waals surface area contributed by atoms with Crippen LogP contribution in [0, 0.1) is 0 Å². The van der Waals surface area contributed by atoms with Crippen molar-refractivity contribution in [1.29, 1.82) is 0 Å². The number of hydrogen-bond acceptors (Lipinski definition) is 6. The maximum Gasteiger partial charge on any atom is 0.251 e. The van der Waals surface area contributed by atoms with Crippen molar-refractivity contribution in [3.05, 3.63) is 89.0 Å². The highest BCUT2D eigenvalue weighted by molar-refractivity contribution is 5.94. The molecule has 0 saturated carbocycles. The van der Waals surface area contributed by atoms with Crippen LogP contribution in [0.25, 0.3) is 0 Å². The summed E-state index contributed by atoms with van der Waals surface area (Å²) in [5.41, 5.74) is 11.5. The first-order valence-corrected chi connectivity index (χ1v) is 17.3. The number of ether oxygens (including phenoxy) is 1. The Morgan fingerprint density at radius 3 is 2.28 bits per heavy atom. The molecule has 0 atom stereocenters. The molecule has 2 aromatic heterocycles. The Kier molecular flexibility index (Phi) is 16.9. The fraction of sp³-hybridized carbons (Fsp3) is 0.514. The molecule has 2 aromatic carbocycles. The molecule has 0 unspecified atom stereocenters. The number of amides is 1. The van der Waals surface area contributed by atoms with Gasteiger partial charge in [-0.2, -0.15) is 0 Å². The van der Waals surface area contributed by atoms with Crippen molar-refractivity contribution in [2.24, 2.45) is 0 Å². The number of carbonyl (C=O) groups is 1. The molecular weight excluding hydrogens is 610 g/mol. The van der Waals surface area contributed by atoms with E-state index in [9.17, 15) is 4.79 Å². The smallest absolute Gasteiger partial charge is 0.251 e. The molecule has 47 heavy (non-hydrogen) atoms. The molecular formula is C37H54ClN7O2. The number of unbranched alkanes of at least 4 members (excludes halogenated alkanes) is 7. The Morgan fingerprint density at radius 2 is 1.51 bits per heavy atom. The molecule has 4 aromatic rings. The van der Waals surface area contributed by atoms with Crippen LogP contribution < -0.4 is 15.8 Å². The predicted molar refractivity (Wildman–Crippen MR) is 192 cm³/mol. The summed E-state index contributed by atoms with van der Waals surface area (Å²) in [6.07, 6.45) is 18.4. The molecule has 0 fully saturated rings. The molecule has 0 aliphatic carbocycles. The van der Waals surface area contributed by atoms with Crippen molar-refractivity contribution in [3.8, 4) is 5.75 Å². The highest BCUT2D eigenvalue weighted by atomic mass is 35.5. The van der Waals surface area contributed by atoms with E-state index < -0.39 is 0 Å². The molecule has 9 nitrogen and oxygen atoms in total. The molecule has 4 rings (SSSR count). The van der Waals surface area contributed by atoms with Gasteiger partial charge >= 0.3 is 0 Å². The number of benzene rings is 2. The lowest BCUT2D eigenvalue weighted by Crippen LogP contribution is -2.27. The molecule has 0 spiro atoms. The quantitative estimate of drug-likeness (QED) is 0.0837. The summed E-state index contributed by atoms with van der Waals surface area (Å²) in [6.45, 7) is 7.00. The van der Waals surface area contributed by atoms with Crippen LogP contribution in [0.15, 0.2) is 60.9 Å². The van der Waals surface area contributed by atoms with Crippen molar-refractivity contribution in [1.82, 2.24) is 29.9 Å². The van der Waals surface area contributed by atoms with Crippen molar-refractivity contribution in [2.75, 3.05) is 18.9 Å². The van der Waals surface area contributed by atoms with E-state index in [1.165, 1.54) is 49.7 Å². The highest BCUT2D eigenvalue weighted by Gasteiger charge is 2.10. The van der Waals surface area contributed by atoms with Gasteiger partial charge in [0, 0.05) is 24.0 Å². The van der Waals surface area contributed by atoms with Gasteiger partial charge in [0.25, 0.3) is 5.91 Å². The first kappa shape index (κ1) is 37.6. The van der Waals surface area contributed by atoms with E-state index in [1.807, 2.05) is 36.7 Å². The fourth-order valence-electron chi connectivity index (χ4n) is 5.54. The molecule has 0 saturated heterocycles. The van der Waals surface area contributed by atoms with Gasteiger partial charge in [0.1, 0.15) is 5.75 Å². The Morgan fingerprint density at radius 1 is 0.830 bits per heavy atom. The van der Waals surface area contributed by atoms with Gasteiger partial charge in [0.05, 0.1) is 31.6 Å². The number of aryl methyl sites for hydroxylation is 3. The molecule has 0 aliphatic rings. The van der Waals surface area contributed by atoms with E-state index in [1.54, 1.807) is 4.68 Å². The first-order valence-electron chi connectivity index (χ1n) is 17.3. The zero-order valence-electron chi connectivity index (χ0n) is 28.3. The topological polar surface area (TPSA) is 113 Å². The minimum atomic E-state index is -0.0560. The van der Waals surface area contributed by atoms with Gasteiger partial charge in [-0.25, -0.2) is 4.98 Å². The molecule has 10 heteroatoms. The highest BCUT2D eigenvalue weighted by Crippen LogP contribution is 2.18. The van der Waals surface area contributed by atoms with Gasteiger partial charge in [-0.05, 0) is 80.3 Å². The molecule has 1 amide bonds. The average Bonchev–Trinajstić information content (AvgIpc) is 3.67. The number of aromatic nitrogens is 5. The summed E-state index contributed by atoms with van der Waals surface area (Å²) < 4.78 is 9.80. The maximum atomic E-state index is 12.5. The largest absolute Gasteiger partial charge is 0.494 e. The number of nitrogens with two attached hydrogens (primary N) is 1. The van der Waals surface area contributed by atoms with Crippen LogP contribution in [0.1, 0.15) is 111 Å². The third-order valence-electron chi connectivity index (χ3n) is 8.36. The van der Waals surface area contributed by atoms with Crippen LogP contribution in [-0.2, 0) is 32.4 Å². The summed E-state index contributed by atoms with van der Waals surface area (Å²) >= 11 is 0. The minimum absolute atomic E-state index is 0. The average molecular weight is 664 g/mol. The normalized spacial score (nSPS) is 10.9. The lowest BCUT2D eigenvalue weighted by molar-refractivity contribution is 0.0952. The van der Waals surface area contributed by atoms with E-state index in [4.69, 9.17) is 10.5 Å². The summed E-state index contributed by atoms with van der Waals surface area (Å²) in [4.78, 5) is 16.9. The lowest BCUT2D eigenvalue weighted by Gasteiger charge is -2.11. The van der Waals surface area contributed by atoms with Crippen LogP contribution in [-0.4, -0.2) is 43.6 Å². The first-order chi connectivity index (χ1) is 22.6. The number of nitrogen functional groups attached to an aromatic ring is 1. The van der Waals surface area contributed by atoms with Gasteiger partial charge in [0.15, 0.2) is 0 Å². The third kappa shape index (κ3) is 13.1. The van der Waals surface area contributed by atoms with Gasteiger partial charge in [0.2, 0.25) is 5.95 Å². The monoisotopic (exact) mass is 663 g/mol. The second-order valence-corrected chi connectivity index (χ2v) is 12.2. The number of nitrogens with one attached hydrogen (secondary N) is 1. The standard InChI is InChI=1S/C37H53N7O2.ClH/c1-3-5-7-12-26-46-35-22-18-31(19-23-35)28-44-34(27-40-37(44)38)15-11-8-10-14-33-29-43(42-41-33)25-24-39-36(45)32-20-16-30(17-21-32)13-9-6-4-2;/h16-23,27,29H,3-15,24-26,28H2,1-2H3,(H2,38,40)(H,39,45);1H. The molecule has 2 heterocycles. The van der Waals surface area contributed by atoms with Crippen LogP contribution in [0.5, 0.6) is 5.75 Å². The summed E-state index contributed by atoms with van der Waals surface area (Å²) in [5, 5.41) is 11.6. The second kappa shape index (κ2) is 21.1. The Balaban J connectivity index is 0.00000600. The molecule has 0 bridgehead atoms. The second-order valence-electron chi connectivity index (χ2n) is 12.2. The number of halogens is 1. The Bertz CT molecular complexity index is 1430. The number of carbonyl (C=O) groups excluding carboxylic acids is 1. The van der Waals surface area contributed by atoms with Crippen molar-refractivity contribution in [2.45, 2.75) is 110 Å². The van der Waals surface area contributed by atoms with Crippen LogP contribution in [0.2, 0.25) is 0 Å². The summed E-state index contributed by atoms with van der Waals surface area (Å²) in [6, 6.07) is 16.3. The minimum Gasteiger partial charge on any atom is -0.494 e. The van der Waals surface area contributed by atoms with Crippen molar-refractivity contribution < 1.29 is 9.53 Å².